The van der Waals surface area contributed by atoms with Gasteiger partial charge in [-0.25, -0.2) is 27.2 Å². The number of anilines is 2. The van der Waals surface area contributed by atoms with Crippen molar-refractivity contribution < 1.29 is 22.0 Å². The number of aromatic nitrogens is 2. The van der Waals surface area contributed by atoms with Crippen LogP contribution in [0.3, 0.4) is 0 Å². The van der Waals surface area contributed by atoms with E-state index in [0.717, 1.165) is 12.1 Å². The Balaban J connectivity index is 1.80. The maximum Gasteiger partial charge on any atom is 0.272 e. The van der Waals surface area contributed by atoms with Gasteiger partial charge < -0.3 is 10.2 Å². The molecule has 1 fully saturated rings. The number of nitrogens with one attached hydrogen (secondary N) is 1. The van der Waals surface area contributed by atoms with E-state index in [1.165, 1.54) is 23.2 Å². The highest BCUT2D eigenvalue weighted by Gasteiger charge is 2.34. The Bertz CT molecular complexity index is 968. The second-order valence-corrected chi connectivity index (χ2v) is 8.39. The van der Waals surface area contributed by atoms with Gasteiger partial charge in [0.2, 0.25) is 5.95 Å². The molecule has 2 heterocycles. The van der Waals surface area contributed by atoms with Crippen LogP contribution in [0.1, 0.15) is 23.8 Å². The Morgan fingerprint density at radius 3 is 2.74 bits per heavy atom. The van der Waals surface area contributed by atoms with E-state index in [-0.39, 0.29) is 28.8 Å². The fraction of sp³-hybridized carbons (Fsp3) is 0.353. The molecule has 2 aromatic rings. The van der Waals surface area contributed by atoms with Crippen molar-refractivity contribution in [1.29, 1.82) is 0 Å². The first kappa shape index (κ1) is 19.2. The van der Waals surface area contributed by atoms with Gasteiger partial charge in [-0.2, -0.15) is 0 Å². The molecule has 1 aromatic heterocycles. The molecule has 1 unspecified atom stereocenters. The molecule has 1 atom stereocenters. The predicted molar refractivity (Wildman–Crippen MR) is 95.4 cm³/mol. The topological polar surface area (TPSA) is 92.3 Å². The highest BCUT2D eigenvalue weighted by Crippen LogP contribution is 2.21. The molecule has 0 radical (unpaired) electrons. The minimum Gasteiger partial charge on any atom is -0.334 e. The quantitative estimate of drug-likeness (QED) is 0.833. The molecule has 144 valence electrons. The van der Waals surface area contributed by atoms with E-state index in [9.17, 15) is 22.0 Å². The van der Waals surface area contributed by atoms with Crippen molar-refractivity contribution in [3.8, 4) is 0 Å². The van der Waals surface area contributed by atoms with Crippen LogP contribution in [0.15, 0.2) is 30.5 Å². The Hall–Kier alpha value is -2.62. The largest absolute Gasteiger partial charge is 0.334 e. The molecule has 3 rings (SSSR count). The number of amides is 1. The van der Waals surface area contributed by atoms with Crippen molar-refractivity contribution in [2.75, 3.05) is 23.4 Å². The fourth-order valence-corrected chi connectivity index (χ4v) is 4.72. The lowest BCUT2D eigenvalue weighted by molar-refractivity contribution is 0.0702. The van der Waals surface area contributed by atoms with Crippen LogP contribution in [0.4, 0.5) is 20.4 Å². The SMILES string of the molecule is CCN(C(=O)c1ccnc(Nc2ccc(F)cc2F)n1)C1CCS(=O)(=O)C1. The van der Waals surface area contributed by atoms with Gasteiger partial charge in [-0.3, -0.25) is 4.79 Å². The first-order valence-corrected chi connectivity index (χ1v) is 10.2. The average molecular weight is 396 g/mol. The molecule has 0 bridgehead atoms. The van der Waals surface area contributed by atoms with Crippen LogP contribution in [0.25, 0.3) is 0 Å². The summed E-state index contributed by atoms with van der Waals surface area (Å²) in [5, 5.41) is 2.60. The lowest BCUT2D eigenvalue weighted by atomic mass is 10.2. The van der Waals surface area contributed by atoms with E-state index >= 15 is 0 Å². The first-order valence-electron chi connectivity index (χ1n) is 8.35. The van der Waals surface area contributed by atoms with Crippen LogP contribution in [-0.2, 0) is 9.84 Å². The van der Waals surface area contributed by atoms with Gasteiger partial charge in [0.1, 0.15) is 17.3 Å². The van der Waals surface area contributed by atoms with Crippen LogP contribution in [-0.4, -0.2) is 53.3 Å². The lowest BCUT2D eigenvalue weighted by Gasteiger charge is -2.26. The summed E-state index contributed by atoms with van der Waals surface area (Å²) in [5.41, 5.74) is 0.0244. The zero-order valence-electron chi connectivity index (χ0n) is 14.5. The highest BCUT2D eigenvalue weighted by atomic mass is 32.2. The van der Waals surface area contributed by atoms with Crippen LogP contribution in [0.2, 0.25) is 0 Å². The fourth-order valence-electron chi connectivity index (χ4n) is 2.99. The van der Waals surface area contributed by atoms with Crippen molar-refractivity contribution in [1.82, 2.24) is 14.9 Å². The molecule has 7 nitrogen and oxygen atoms in total. The summed E-state index contributed by atoms with van der Waals surface area (Å²) in [6.45, 7) is 2.09. The van der Waals surface area contributed by atoms with Gasteiger partial charge in [-0.15, -0.1) is 0 Å². The van der Waals surface area contributed by atoms with Gasteiger partial charge in [-0.05, 0) is 31.5 Å². The first-order chi connectivity index (χ1) is 12.8. The van der Waals surface area contributed by atoms with Crippen molar-refractivity contribution >= 4 is 27.4 Å². The minimum atomic E-state index is -3.13. The molecule has 1 aliphatic rings. The van der Waals surface area contributed by atoms with E-state index in [4.69, 9.17) is 0 Å². The molecule has 1 N–H and O–H groups in total. The predicted octanol–water partition coefficient (Wildman–Crippen LogP) is 2.15. The molecule has 1 aliphatic heterocycles. The van der Waals surface area contributed by atoms with Crippen LogP contribution < -0.4 is 5.32 Å². The van der Waals surface area contributed by atoms with Gasteiger partial charge in [0.15, 0.2) is 9.84 Å². The van der Waals surface area contributed by atoms with Crippen molar-refractivity contribution in [3.63, 3.8) is 0 Å². The van der Waals surface area contributed by atoms with Crippen LogP contribution in [0, 0.1) is 11.6 Å². The summed E-state index contributed by atoms with van der Waals surface area (Å²) in [5.74, 6) is -1.99. The van der Waals surface area contributed by atoms with E-state index in [1.54, 1.807) is 6.92 Å². The van der Waals surface area contributed by atoms with E-state index in [2.05, 4.69) is 15.3 Å². The summed E-state index contributed by atoms with van der Waals surface area (Å²) >= 11 is 0. The second kappa shape index (κ2) is 7.55. The summed E-state index contributed by atoms with van der Waals surface area (Å²) in [6, 6.07) is 4.01. The maximum atomic E-state index is 13.8. The molecule has 1 aromatic carbocycles. The van der Waals surface area contributed by atoms with Crippen LogP contribution in [0.5, 0.6) is 0 Å². The number of hydrogen-bond donors (Lipinski definition) is 1. The number of halogens is 2. The van der Waals surface area contributed by atoms with Gasteiger partial charge in [-0.1, -0.05) is 0 Å². The molecule has 1 saturated heterocycles. The average Bonchev–Trinajstić information content (AvgIpc) is 2.98. The van der Waals surface area contributed by atoms with Crippen molar-refractivity contribution in [2.45, 2.75) is 19.4 Å². The maximum absolute atomic E-state index is 13.8. The third-order valence-corrected chi connectivity index (χ3v) is 6.05. The zero-order valence-corrected chi connectivity index (χ0v) is 15.3. The molecule has 27 heavy (non-hydrogen) atoms. The molecule has 0 spiro atoms. The number of rotatable bonds is 5. The van der Waals surface area contributed by atoms with Gasteiger partial charge >= 0.3 is 0 Å². The monoisotopic (exact) mass is 396 g/mol. The number of nitrogens with zero attached hydrogens (tertiary/aromatic N) is 3. The Morgan fingerprint density at radius 1 is 1.33 bits per heavy atom. The number of hydrogen-bond acceptors (Lipinski definition) is 6. The number of sulfone groups is 1. The molecule has 0 aliphatic carbocycles. The third-order valence-electron chi connectivity index (χ3n) is 4.30. The number of carbonyl (C=O) groups excluding carboxylic acids is 1. The van der Waals surface area contributed by atoms with Crippen molar-refractivity contribution in [3.05, 3.63) is 47.8 Å². The standard InChI is InChI=1S/C17H18F2N4O3S/c1-2-23(12-6-8-27(25,26)10-12)16(24)15-5-7-20-17(22-15)21-14-4-3-11(18)9-13(14)19/h3-5,7,9,12H,2,6,8,10H2,1H3,(H,20,21,22). The Morgan fingerprint density at radius 2 is 2.11 bits per heavy atom. The van der Waals surface area contributed by atoms with Crippen molar-refractivity contribution in [2.24, 2.45) is 0 Å². The third kappa shape index (κ3) is 4.38. The van der Waals surface area contributed by atoms with E-state index in [0.29, 0.717) is 13.0 Å². The van der Waals surface area contributed by atoms with Gasteiger partial charge in [0.05, 0.1) is 17.2 Å². The van der Waals surface area contributed by atoms with Gasteiger partial charge in [0, 0.05) is 24.8 Å². The molecule has 0 saturated carbocycles. The van der Waals surface area contributed by atoms with E-state index in [1.807, 2.05) is 0 Å². The summed E-state index contributed by atoms with van der Waals surface area (Å²) in [6.07, 6.45) is 1.72. The molecule has 1 amide bonds. The second-order valence-electron chi connectivity index (χ2n) is 6.16. The zero-order chi connectivity index (χ0) is 19.6. The van der Waals surface area contributed by atoms with Gasteiger partial charge in [0.25, 0.3) is 5.91 Å². The summed E-state index contributed by atoms with van der Waals surface area (Å²) < 4.78 is 50.2. The summed E-state index contributed by atoms with van der Waals surface area (Å²) in [7, 11) is -3.13. The Kier molecular flexibility index (Phi) is 5.36. The number of carbonyl (C=O) groups is 1. The van der Waals surface area contributed by atoms with E-state index < -0.39 is 33.4 Å². The molecule has 10 heteroatoms. The highest BCUT2D eigenvalue weighted by molar-refractivity contribution is 7.91. The smallest absolute Gasteiger partial charge is 0.272 e. The molecular weight excluding hydrogens is 378 g/mol. The molecular formula is C17H18F2N4O3S. The lowest BCUT2D eigenvalue weighted by Crippen LogP contribution is -2.41. The van der Waals surface area contributed by atoms with Crippen LogP contribution >= 0.6 is 0 Å². The Labute approximate surface area is 155 Å². The summed E-state index contributed by atoms with van der Waals surface area (Å²) in [4.78, 5) is 22.3. The minimum absolute atomic E-state index is 0.0264. The number of benzene rings is 1. The normalized spacial score (nSPS) is 18.3.